The van der Waals surface area contributed by atoms with Crippen LogP contribution in [0, 0.1) is 0 Å². The number of carbonyl (C=O) groups excluding carboxylic acids is 1. The molecule has 1 unspecified atom stereocenters. The quantitative estimate of drug-likeness (QED) is 0.660. The highest BCUT2D eigenvalue weighted by atomic mass is 35.5. The number of nitrogens with one attached hydrogen (secondary N) is 1. The summed E-state index contributed by atoms with van der Waals surface area (Å²) in [6.07, 6.45) is 1.99. The van der Waals surface area contributed by atoms with E-state index in [9.17, 15) is 4.79 Å². The number of hydrogen-bond donors (Lipinski definition) is 1. The molecule has 10 heavy (non-hydrogen) atoms. The van der Waals surface area contributed by atoms with Crippen LogP contribution in [0.3, 0.4) is 0 Å². The average Bonchev–Trinajstić information content (AvgIpc) is 2.31. The number of rotatable bonds is 3. The summed E-state index contributed by atoms with van der Waals surface area (Å²) in [4.78, 5) is 10.7. The van der Waals surface area contributed by atoms with E-state index in [2.05, 4.69) is 5.32 Å². The molecule has 1 aliphatic heterocycles. The molecule has 0 aromatic rings. The third-order valence-corrected chi connectivity index (χ3v) is 2.79. The van der Waals surface area contributed by atoms with Crippen molar-refractivity contribution in [3.05, 3.63) is 0 Å². The van der Waals surface area contributed by atoms with Crippen LogP contribution in [0.2, 0.25) is 0 Å². The second-order valence-corrected chi connectivity index (χ2v) is 3.77. The Kier molecular flexibility index (Phi) is 3.35. The third kappa shape index (κ3) is 2.39. The van der Waals surface area contributed by atoms with Crippen LogP contribution in [0.1, 0.15) is 12.8 Å². The molecule has 2 nitrogen and oxygen atoms in total. The van der Waals surface area contributed by atoms with E-state index in [-0.39, 0.29) is 5.91 Å². The van der Waals surface area contributed by atoms with E-state index in [1.807, 2.05) is 0 Å². The summed E-state index contributed by atoms with van der Waals surface area (Å²) in [6, 6.07) is 0. The first-order chi connectivity index (χ1) is 4.83. The van der Waals surface area contributed by atoms with Crippen LogP contribution in [0.15, 0.2) is 0 Å². The molecule has 0 spiro atoms. The highest BCUT2D eigenvalue weighted by Crippen LogP contribution is 2.18. The molecular formula is C6H10ClNOS. The van der Waals surface area contributed by atoms with Crippen molar-refractivity contribution in [3.8, 4) is 0 Å². The average molecular weight is 180 g/mol. The molecule has 1 rings (SSSR count). The highest BCUT2D eigenvalue weighted by Gasteiger charge is 2.19. The molecule has 1 saturated heterocycles. The smallest absolute Gasteiger partial charge is 0.230 e. The zero-order valence-corrected chi connectivity index (χ0v) is 7.17. The molecular weight excluding hydrogens is 170 g/mol. The molecule has 0 aromatic carbocycles. The number of amides is 1. The Hall–Kier alpha value is 0.110. The fraction of sp³-hybridized carbons (Fsp3) is 0.833. The van der Waals surface area contributed by atoms with Gasteiger partial charge in [0.2, 0.25) is 5.91 Å². The largest absolute Gasteiger partial charge is 0.344 e. The summed E-state index contributed by atoms with van der Waals surface area (Å²) in [5.41, 5.74) is 0. The Balaban J connectivity index is 2.12. The van der Waals surface area contributed by atoms with Gasteiger partial charge in [-0.3, -0.25) is 4.79 Å². The van der Waals surface area contributed by atoms with Gasteiger partial charge in [0, 0.05) is 5.88 Å². The number of thioether (sulfide) groups is 1. The van der Waals surface area contributed by atoms with Crippen molar-refractivity contribution >= 4 is 29.3 Å². The summed E-state index contributed by atoms with van der Waals surface area (Å²) in [6.45, 7) is 0. The van der Waals surface area contributed by atoms with Crippen molar-refractivity contribution in [1.82, 2.24) is 5.32 Å². The number of carbonyl (C=O) groups is 1. The van der Waals surface area contributed by atoms with E-state index < -0.39 is 0 Å². The molecule has 1 aliphatic rings. The van der Waals surface area contributed by atoms with Gasteiger partial charge in [0.1, 0.15) is 0 Å². The van der Waals surface area contributed by atoms with Gasteiger partial charge in [-0.15, -0.1) is 23.4 Å². The van der Waals surface area contributed by atoms with Crippen LogP contribution in [0.4, 0.5) is 0 Å². The number of halogens is 1. The van der Waals surface area contributed by atoms with Crippen LogP contribution < -0.4 is 5.32 Å². The van der Waals surface area contributed by atoms with Gasteiger partial charge in [0.15, 0.2) is 0 Å². The lowest BCUT2D eigenvalue weighted by Crippen LogP contribution is -2.24. The molecule has 0 radical (unpaired) electrons. The molecule has 1 atom stereocenters. The molecule has 0 aromatic heterocycles. The van der Waals surface area contributed by atoms with Gasteiger partial charge in [0.05, 0.1) is 11.1 Å². The first-order valence-corrected chi connectivity index (χ1v) is 4.88. The highest BCUT2D eigenvalue weighted by molar-refractivity contribution is 8.01. The van der Waals surface area contributed by atoms with Crippen LogP contribution in [-0.2, 0) is 4.79 Å². The molecule has 1 N–H and O–H groups in total. The summed E-state index contributed by atoms with van der Waals surface area (Å²) >= 11 is 7.17. The van der Waals surface area contributed by atoms with Gasteiger partial charge in [-0.25, -0.2) is 0 Å². The second kappa shape index (κ2) is 4.09. The first-order valence-electron chi connectivity index (χ1n) is 3.30. The topological polar surface area (TPSA) is 29.1 Å². The van der Waals surface area contributed by atoms with Crippen LogP contribution in [0.5, 0.6) is 0 Å². The Bertz CT molecular complexity index is 131. The van der Waals surface area contributed by atoms with Crippen molar-refractivity contribution in [2.75, 3.05) is 11.6 Å². The van der Waals surface area contributed by atoms with Gasteiger partial charge in [-0.1, -0.05) is 0 Å². The van der Waals surface area contributed by atoms with Crippen molar-refractivity contribution < 1.29 is 4.79 Å². The van der Waals surface area contributed by atoms with Crippen molar-refractivity contribution in [3.63, 3.8) is 0 Å². The van der Waals surface area contributed by atoms with Crippen LogP contribution >= 0.6 is 23.4 Å². The predicted octanol–water partition coefficient (Wildman–Crippen LogP) is 1.19. The minimum atomic E-state index is 0.157. The summed E-state index contributed by atoms with van der Waals surface area (Å²) in [7, 11) is 0. The van der Waals surface area contributed by atoms with Crippen LogP contribution in [-0.4, -0.2) is 22.9 Å². The normalized spacial score (nSPS) is 24.9. The SMILES string of the molecule is O=C1CSC(CCCCl)N1. The zero-order chi connectivity index (χ0) is 7.40. The fourth-order valence-corrected chi connectivity index (χ4v) is 2.00. The molecule has 1 amide bonds. The van der Waals surface area contributed by atoms with Crippen molar-refractivity contribution in [2.24, 2.45) is 0 Å². The van der Waals surface area contributed by atoms with E-state index in [0.29, 0.717) is 17.0 Å². The lowest BCUT2D eigenvalue weighted by Gasteiger charge is -2.05. The predicted molar refractivity (Wildman–Crippen MR) is 44.3 cm³/mol. The van der Waals surface area contributed by atoms with E-state index in [1.165, 1.54) is 0 Å². The van der Waals surface area contributed by atoms with E-state index in [4.69, 9.17) is 11.6 Å². The summed E-state index contributed by atoms with van der Waals surface area (Å²) in [5.74, 6) is 1.46. The Labute approximate surface area is 69.7 Å². The Morgan fingerprint density at radius 2 is 2.60 bits per heavy atom. The fourth-order valence-electron chi connectivity index (χ4n) is 0.857. The zero-order valence-electron chi connectivity index (χ0n) is 5.60. The second-order valence-electron chi connectivity index (χ2n) is 2.20. The van der Waals surface area contributed by atoms with Crippen LogP contribution in [0.25, 0.3) is 0 Å². The lowest BCUT2D eigenvalue weighted by molar-refractivity contribution is -0.118. The van der Waals surface area contributed by atoms with Gasteiger partial charge < -0.3 is 5.32 Å². The monoisotopic (exact) mass is 179 g/mol. The maximum Gasteiger partial charge on any atom is 0.230 e. The van der Waals surface area contributed by atoms with Gasteiger partial charge >= 0.3 is 0 Å². The standard InChI is InChI=1S/C6H10ClNOS/c7-3-1-2-6-8-5(9)4-10-6/h6H,1-4H2,(H,8,9). The van der Waals surface area contributed by atoms with E-state index in [1.54, 1.807) is 11.8 Å². The molecule has 0 saturated carbocycles. The Morgan fingerprint density at radius 3 is 3.10 bits per heavy atom. The molecule has 1 heterocycles. The minimum absolute atomic E-state index is 0.157. The summed E-state index contributed by atoms with van der Waals surface area (Å²) in [5, 5.41) is 3.18. The van der Waals surface area contributed by atoms with E-state index in [0.717, 1.165) is 12.8 Å². The van der Waals surface area contributed by atoms with Gasteiger partial charge in [0.25, 0.3) is 0 Å². The molecule has 1 fully saturated rings. The van der Waals surface area contributed by atoms with Crippen molar-refractivity contribution in [1.29, 1.82) is 0 Å². The number of alkyl halides is 1. The molecule has 0 bridgehead atoms. The molecule has 4 heteroatoms. The minimum Gasteiger partial charge on any atom is -0.344 e. The van der Waals surface area contributed by atoms with Gasteiger partial charge in [-0.05, 0) is 12.8 Å². The van der Waals surface area contributed by atoms with Crippen molar-refractivity contribution in [2.45, 2.75) is 18.2 Å². The first kappa shape index (κ1) is 8.21. The molecule has 58 valence electrons. The van der Waals surface area contributed by atoms with E-state index >= 15 is 0 Å². The lowest BCUT2D eigenvalue weighted by atomic mass is 10.3. The number of hydrogen-bond acceptors (Lipinski definition) is 2. The summed E-state index contributed by atoms with van der Waals surface area (Å²) < 4.78 is 0. The maximum atomic E-state index is 10.7. The molecule has 0 aliphatic carbocycles. The van der Waals surface area contributed by atoms with Gasteiger partial charge in [-0.2, -0.15) is 0 Å². The maximum absolute atomic E-state index is 10.7. The Morgan fingerprint density at radius 1 is 1.80 bits per heavy atom. The third-order valence-electron chi connectivity index (χ3n) is 1.34.